The normalized spacial score (nSPS) is 20.6. The molecular weight excluding hydrogens is 230 g/mol. The summed E-state index contributed by atoms with van der Waals surface area (Å²) in [6.07, 6.45) is 1.56. The standard InChI is InChI=1S/C14H17NO3/c16-13(11-5-2-1-3-6-11)10-15-8-4-7-12(9-15)14(17)18/h1-3,5-6,12H,4,7-10H2,(H,17,18)/t12-/m1/s1. The average Bonchev–Trinajstić information content (AvgIpc) is 2.40. The quantitative estimate of drug-likeness (QED) is 0.822. The molecule has 0 amide bonds. The summed E-state index contributed by atoms with van der Waals surface area (Å²) in [4.78, 5) is 24.9. The van der Waals surface area contributed by atoms with Crippen molar-refractivity contribution in [3.05, 3.63) is 35.9 Å². The third-order valence-corrected chi connectivity index (χ3v) is 3.32. The number of carbonyl (C=O) groups is 2. The lowest BCUT2D eigenvalue weighted by molar-refractivity contribution is -0.143. The first kappa shape index (κ1) is 12.8. The van der Waals surface area contributed by atoms with Crippen molar-refractivity contribution in [2.24, 2.45) is 5.92 Å². The van der Waals surface area contributed by atoms with Crippen molar-refractivity contribution in [2.75, 3.05) is 19.6 Å². The number of Topliss-reactive ketones (excluding diaryl/α,β-unsaturated/α-hetero) is 1. The smallest absolute Gasteiger partial charge is 0.307 e. The maximum atomic E-state index is 12.0. The van der Waals surface area contributed by atoms with Crippen LogP contribution in [0.2, 0.25) is 0 Å². The summed E-state index contributed by atoms with van der Waals surface area (Å²) in [5.74, 6) is -1.03. The maximum absolute atomic E-state index is 12.0. The molecule has 1 aliphatic heterocycles. The van der Waals surface area contributed by atoms with Crippen molar-refractivity contribution in [2.45, 2.75) is 12.8 Å². The molecular formula is C14H17NO3. The highest BCUT2D eigenvalue weighted by atomic mass is 16.4. The van der Waals surface area contributed by atoms with Gasteiger partial charge in [0, 0.05) is 12.1 Å². The first-order valence-corrected chi connectivity index (χ1v) is 6.20. The Bertz CT molecular complexity index is 430. The fourth-order valence-electron chi connectivity index (χ4n) is 2.32. The Balaban J connectivity index is 1.93. The molecule has 1 fully saturated rings. The molecule has 1 saturated heterocycles. The molecule has 1 N–H and O–H groups in total. The van der Waals surface area contributed by atoms with Crippen LogP contribution < -0.4 is 0 Å². The third kappa shape index (κ3) is 3.17. The number of carboxylic acid groups (broad SMARTS) is 1. The zero-order valence-corrected chi connectivity index (χ0v) is 10.2. The van der Waals surface area contributed by atoms with Crippen molar-refractivity contribution in [3.8, 4) is 0 Å². The summed E-state index contributed by atoms with van der Waals surface area (Å²) in [7, 11) is 0. The van der Waals surface area contributed by atoms with E-state index in [2.05, 4.69) is 0 Å². The summed E-state index contributed by atoms with van der Waals surface area (Å²) in [6, 6.07) is 9.13. The van der Waals surface area contributed by atoms with Crippen LogP contribution in [0.4, 0.5) is 0 Å². The van der Waals surface area contributed by atoms with Crippen LogP contribution >= 0.6 is 0 Å². The molecule has 1 aliphatic rings. The number of rotatable bonds is 4. The van der Waals surface area contributed by atoms with Gasteiger partial charge in [0.1, 0.15) is 0 Å². The summed E-state index contributed by atoms with van der Waals surface area (Å²) < 4.78 is 0. The van der Waals surface area contributed by atoms with E-state index >= 15 is 0 Å². The molecule has 96 valence electrons. The van der Waals surface area contributed by atoms with Gasteiger partial charge in [-0.3, -0.25) is 14.5 Å². The predicted octanol–water partition coefficient (Wildman–Crippen LogP) is 1.67. The van der Waals surface area contributed by atoms with E-state index in [1.165, 1.54) is 0 Å². The fourth-order valence-corrected chi connectivity index (χ4v) is 2.32. The molecule has 0 saturated carbocycles. The number of nitrogens with zero attached hydrogens (tertiary/aromatic N) is 1. The zero-order valence-electron chi connectivity index (χ0n) is 10.2. The predicted molar refractivity (Wildman–Crippen MR) is 67.6 cm³/mol. The number of piperidine rings is 1. The summed E-state index contributed by atoms with van der Waals surface area (Å²) >= 11 is 0. The van der Waals surface area contributed by atoms with Gasteiger partial charge in [-0.1, -0.05) is 30.3 Å². The zero-order chi connectivity index (χ0) is 13.0. The highest BCUT2D eigenvalue weighted by Gasteiger charge is 2.26. The monoisotopic (exact) mass is 247 g/mol. The Labute approximate surface area is 106 Å². The van der Waals surface area contributed by atoms with Crippen LogP contribution in [0.3, 0.4) is 0 Å². The second kappa shape index (κ2) is 5.78. The van der Waals surface area contributed by atoms with Gasteiger partial charge < -0.3 is 5.11 Å². The minimum absolute atomic E-state index is 0.0571. The first-order chi connectivity index (χ1) is 8.66. The topological polar surface area (TPSA) is 57.6 Å². The number of aliphatic carboxylic acids is 1. The van der Waals surface area contributed by atoms with Crippen molar-refractivity contribution in [1.29, 1.82) is 0 Å². The van der Waals surface area contributed by atoms with Crippen LogP contribution in [0, 0.1) is 5.92 Å². The number of hydrogen-bond donors (Lipinski definition) is 1. The third-order valence-electron chi connectivity index (χ3n) is 3.32. The van der Waals surface area contributed by atoms with Gasteiger partial charge >= 0.3 is 5.97 Å². The van der Waals surface area contributed by atoms with Crippen LogP contribution in [-0.2, 0) is 4.79 Å². The summed E-state index contributed by atoms with van der Waals surface area (Å²) in [6.45, 7) is 1.60. The Kier molecular flexibility index (Phi) is 4.10. The van der Waals surface area contributed by atoms with Crippen LogP contribution in [0.1, 0.15) is 23.2 Å². The van der Waals surface area contributed by atoms with E-state index in [4.69, 9.17) is 5.11 Å². The highest BCUT2D eigenvalue weighted by Crippen LogP contribution is 2.17. The van der Waals surface area contributed by atoms with Crippen LogP contribution in [0.5, 0.6) is 0 Å². The van der Waals surface area contributed by atoms with Gasteiger partial charge in [0.15, 0.2) is 5.78 Å². The lowest BCUT2D eigenvalue weighted by Crippen LogP contribution is -2.41. The maximum Gasteiger partial charge on any atom is 0.307 e. The van der Waals surface area contributed by atoms with Crippen molar-refractivity contribution in [3.63, 3.8) is 0 Å². The van der Waals surface area contributed by atoms with Crippen molar-refractivity contribution in [1.82, 2.24) is 4.90 Å². The van der Waals surface area contributed by atoms with E-state index in [9.17, 15) is 9.59 Å². The van der Waals surface area contributed by atoms with Gasteiger partial charge in [0.05, 0.1) is 12.5 Å². The van der Waals surface area contributed by atoms with Crippen LogP contribution in [-0.4, -0.2) is 41.4 Å². The lowest BCUT2D eigenvalue weighted by atomic mass is 9.98. The molecule has 18 heavy (non-hydrogen) atoms. The molecule has 0 aliphatic carbocycles. The molecule has 0 unspecified atom stereocenters. The Morgan fingerprint density at radius 1 is 1.28 bits per heavy atom. The van der Waals surface area contributed by atoms with E-state index in [1.807, 2.05) is 23.1 Å². The molecule has 1 aromatic rings. The minimum Gasteiger partial charge on any atom is -0.481 e. The molecule has 4 heteroatoms. The Morgan fingerprint density at radius 2 is 2.00 bits per heavy atom. The molecule has 0 radical (unpaired) electrons. The lowest BCUT2D eigenvalue weighted by Gasteiger charge is -2.29. The summed E-state index contributed by atoms with van der Waals surface area (Å²) in [5, 5.41) is 9.00. The summed E-state index contributed by atoms with van der Waals surface area (Å²) in [5.41, 5.74) is 0.690. The minimum atomic E-state index is -0.758. The first-order valence-electron chi connectivity index (χ1n) is 6.20. The molecule has 0 spiro atoms. The van der Waals surface area contributed by atoms with E-state index < -0.39 is 5.97 Å². The van der Waals surface area contributed by atoms with E-state index in [1.54, 1.807) is 12.1 Å². The highest BCUT2D eigenvalue weighted by molar-refractivity contribution is 5.97. The molecule has 1 heterocycles. The molecule has 4 nitrogen and oxygen atoms in total. The number of hydrogen-bond acceptors (Lipinski definition) is 3. The number of benzene rings is 1. The van der Waals surface area contributed by atoms with E-state index in [0.717, 1.165) is 13.0 Å². The second-order valence-electron chi connectivity index (χ2n) is 4.70. The fraction of sp³-hybridized carbons (Fsp3) is 0.429. The van der Waals surface area contributed by atoms with Gasteiger partial charge in [-0.15, -0.1) is 0 Å². The second-order valence-corrected chi connectivity index (χ2v) is 4.70. The van der Waals surface area contributed by atoms with Gasteiger partial charge in [-0.2, -0.15) is 0 Å². The van der Waals surface area contributed by atoms with E-state index in [-0.39, 0.29) is 11.7 Å². The van der Waals surface area contributed by atoms with Crippen LogP contribution in [0.15, 0.2) is 30.3 Å². The largest absolute Gasteiger partial charge is 0.481 e. The van der Waals surface area contributed by atoms with Gasteiger partial charge in [-0.25, -0.2) is 0 Å². The number of carbonyl (C=O) groups excluding carboxylic acids is 1. The SMILES string of the molecule is O=C(CN1CCC[C@@H](C(=O)O)C1)c1ccccc1. The molecule has 1 aromatic carbocycles. The molecule has 2 rings (SSSR count). The molecule has 1 atom stereocenters. The van der Waals surface area contributed by atoms with Gasteiger partial charge in [-0.05, 0) is 19.4 Å². The van der Waals surface area contributed by atoms with E-state index in [0.29, 0.717) is 25.1 Å². The molecule has 0 bridgehead atoms. The Hall–Kier alpha value is -1.68. The van der Waals surface area contributed by atoms with Crippen molar-refractivity contribution >= 4 is 11.8 Å². The van der Waals surface area contributed by atoms with Gasteiger partial charge in [0.2, 0.25) is 0 Å². The van der Waals surface area contributed by atoms with Crippen LogP contribution in [0.25, 0.3) is 0 Å². The number of likely N-dealkylation sites (tertiary alicyclic amines) is 1. The van der Waals surface area contributed by atoms with Crippen molar-refractivity contribution < 1.29 is 14.7 Å². The number of ketones is 1. The Morgan fingerprint density at radius 3 is 2.67 bits per heavy atom. The average molecular weight is 247 g/mol. The van der Waals surface area contributed by atoms with Gasteiger partial charge in [0.25, 0.3) is 0 Å². The molecule has 0 aromatic heterocycles. The number of carboxylic acids is 1.